The average molecular weight is 1090 g/mol. The van der Waals surface area contributed by atoms with Crippen LogP contribution >= 0.6 is 0 Å². The molecule has 412 valence electrons. The summed E-state index contributed by atoms with van der Waals surface area (Å²) in [5.41, 5.74) is 24.5. The molecule has 0 aliphatic heterocycles. The van der Waals surface area contributed by atoms with E-state index in [1.807, 2.05) is 0 Å². The number of benzene rings is 12. The number of phenols is 1. The van der Waals surface area contributed by atoms with Crippen LogP contribution in [0.5, 0.6) is 5.75 Å². The van der Waals surface area contributed by atoms with Crippen LogP contribution in [0.2, 0.25) is 0 Å². The lowest BCUT2D eigenvalue weighted by molar-refractivity contribution is 0.478. The van der Waals surface area contributed by atoms with E-state index in [1.165, 1.54) is 114 Å². The van der Waals surface area contributed by atoms with Gasteiger partial charge in [0.2, 0.25) is 0 Å². The Balaban J connectivity index is 1.02. The fraction of sp³-hybridized carbons (Fsp3) is 0.200. The van der Waals surface area contributed by atoms with Crippen molar-refractivity contribution in [1.29, 1.82) is 0 Å². The SMILES string of the molecule is Cc1ccc(N(c2cccc(-c3cccc(-c4ccccc4C)c3)c2O)c2cc(C3CCCC3)c3ccc4c(N(c5ccc(C)c(C)c5)c5cccc6c5oc5c(-c7ccccc7C)cccc56)cc(C5CCCC5)c5ccc2c3c54)cc1C. The van der Waals surface area contributed by atoms with Gasteiger partial charge in [0.05, 0.1) is 22.7 Å². The van der Waals surface area contributed by atoms with Crippen LogP contribution < -0.4 is 9.80 Å². The minimum absolute atomic E-state index is 0.256. The number of para-hydroxylation sites is 3. The van der Waals surface area contributed by atoms with Crippen molar-refractivity contribution in [2.45, 2.75) is 105 Å². The second-order valence-electron chi connectivity index (χ2n) is 24.5. The summed E-state index contributed by atoms with van der Waals surface area (Å²) in [5, 5.41) is 23.0. The lowest BCUT2D eigenvalue weighted by Gasteiger charge is -2.32. The summed E-state index contributed by atoms with van der Waals surface area (Å²) in [6, 6.07) is 74.2. The summed E-state index contributed by atoms with van der Waals surface area (Å²) in [7, 11) is 0. The minimum Gasteiger partial charge on any atom is -0.505 e. The highest BCUT2D eigenvalue weighted by Gasteiger charge is 2.32. The molecule has 0 atom stereocenters. The Labute approximate surface area is 493 Å². The highest BCUT2D eigenvalue weighted by atomic mass is 16.3. The van der Waals surface area contributed by atoms with Crippen molar-refractivity contribution in [2.24, 2.45) is 0 Å². The number of phenolic OH excluding ortho intramolecular Hbond substituents is 1. The molecule has 15 rings (SSSR count). The number of aromatic hydroxyl groups is 1. The molecular formula is C80H70N2O2. The van der Waals surface area contributed by atoms with Crippen LogP contribution in [-0.4, -0.2) is 5.11 Å². The summed E-state index contributed by atoms with van der Waals surface area (Å²) in [4.78, 5) is 4.92. The van der Waals surface area contributed by atoms with E-state index in [0.29, 0.717) is 11.8 Å². The number of anilines is 6. The van der Waals surface area contributed by atoms with Gasteiger partial charge in [-0.3, -0.25) is 0 Å². The molecule has 2 saturated carbocycles. The Morgan fingerprint density at radius 3 is 1.36 bits per heavy atom. The van der Waals surface area contributed by atoms with Crippen molar-refractivity contribution < 1.29 is 9.52 Å². The monoisotopic (exact) mass is 1090 g/mol. The Morgan fingerprint density at radius 1 is 0.333 bits per heavy atom. The maximum atomic E-state index is 13.2. The summed E-state index contributed by atoms with van der Waals surface area (Å²) in [6.07, 6.45) is 9.51. The second kappa shape index (κ2) is 20.6. The van der Waals surface area contributed by atoms with Crippen molar-refractivity contribution in [2.75, 3.05) is 9.80 Å². The Bertz CT molecular complexity index is 4740. The molecule has 4 heteroatoms. The Hall–Kier alpha value is -9.12. The van der Waals surface area contributed by atoms with Crippen LogP contribution in [0.1, 0.15) is 108 Å². The summed E-state index contributed by atoms with van der Waals surface area (Å²) >= 11 is 0. The average Bonchev–Trinajstić information content (AvgIpc) is 2.55. The van der Waals surface area contributed by atoms with Crippen molar-refractivity contribution in [3.8, 4) is 39.1 Å². The predicted molar refractivity (Wildman–Crippen MR) is 356 cm³/mol. The molecule has 4 nitrogen and oxygen atoms in total. The molecule has 0 saturated heterocycles. The fourth-order valence-electron chi connectivity index (χ4n) is 14.8. The summed E-state index contributed by atoms with van der Waals surface area (Å²) in [5.74, 6) is 1.07. The van der Waals surface area contributed by atoms with Gasteiger partial charge >= 0.3 is 0 Å². The second-order valence-corrected chi connectivity index (χ2v) is 24.5. The number of hydrogen-bond donors (Lipinski definition) is 1. The van der Waals surface area contributed by atoms with Crippen molar-refractivity contribution in [3.63, 3.8) is 0 Å². The largest absolute Gasteiger partial charge is 0.505 e. The maximum absolute atomic E-state index is 13.2. The van der Waals surface area contributed by atoms with E-state index in [9.17, 15) is 5.11 Å². The molecule has 1 heterocycles. The molecule has 2 aliphatic carbocycles. The van der Waals surface area contributed by atoms with Gasteiger partial charge < -0.3 is 19.3 Å². The van der Waals surface area contributed by atoms with Gasteiger partial charge in [0.15, 0.2) is 5.58 Å². The van der Waals surface area contributed by atoms with Crippen molar-refractivity contribution >= 4 is 88.4 Å². The summed E-state index contributed by atoms with van der Waals surface area (Å²) in [6.45, 7) is 13.2. The molecule has 0 spiro atoms. The Kier molecular flexibility index (Phi) is 12.7. The molecule has 0 radical (unpaired) electrons. The zero-order valence-electron chi connectivity index (χ0n) is 49.1. The third-order valence-electron chi connectivity index (χ3n) is 19.6. The molecule has 1 N–H and O–H groups in total. The lowest BCUT2D eigenvalue weighted by atomic mass is 9.82. The van der Waals surface area contributed by atoms with E-state index in [1.54, 1.807) is 0 Å². The van der Waals surface area contributed by atoms with Gasteiger partial charge in [0.25, 0.3) is 0 Å². The normalized spacial score (nSPS) is 14.1. The first-order valence-corrected chi connectivity index (χ1v) is 30.6. The minimum atomic E-state index is 0.256. The van der Waals surface area contributed by atoms with E-state index < -0.39 is 0 Å². The molecule has 0 unspecified atom stereocenters. The number of aryl methyl sites for hydroxylation is 6. The van der Waals surface area contributed by atoms with Crippen LogP contribution in [0.4, 0.5) is 34.1 Å². The quantitative estimate of drug-likeness (QED) is 0.131. The van der Waals surface area contributed by atoms with Crippen LogP contribution in [0.25, 0.3) is 87.6 Å². The molecule has 0 amide bonds. The fourth-order valence-corrected chi connectivity index (χ4v) is 14.8. The highest BCUT2D eigenvalue weighted by Crippen LogP contribution is 2.56. The summed E-state index contributed by atoms with van der Waals surface area (Å²) < 4.78 is 7.38. The molecule has 1 aromatic heterocycles. The number of fused-ring (bicyclic) bond motifs is 3. The smallest absolute Gasteiger partial charge is 0.159 e. The van der Waals surface area contributed by atoms with Crippen molar-refractivity contribution in [1.82, 2.24) is 0 Å². The molecule has 84 heavy (non-hydrogen) atoms. The van der Waals surface area contributed by atoms with Gasteiger partial charge in [-0.05, 0) is 222 Å². The Morgan fingerprint density at radius 2 is 0.786 bits per heavy atom. The van der Waals surface area contributed by atoms with Gasteiger partial charge in [-0.1, -0.05) is 171 Å². The number of nitrogens with zero attached hydrogens (tertiary/aromatic N) is 2. The molecule has 12 aromatic carbocycles. The van der Waals surface area contributed by atoms with Crippen LogP contribution in [0.15, 0.2) is 205 Å². The first-order chi connectivity index (χ1) is 41.1. The topological polar surface area (TPSA) is 39.9 Å². The number of furan rings is 1. The molecule has 2 fully saturated rings. The third kappa shape index (κ3) is 8.47. The van der Waals surface area contributed by atoms with E-state index in [-0.39, 0.29) is 5.75 Å². The predicted octanol–water partition coefficient (Wildman–Crippen LogP) is 23.3. The number of hydrogen-bond acceptors (Lipinski definition) is 4. The van der Waals surface area contributed by atoms with Gasteiger partial charge in [-0.25, -0.2) is 0 Å². The van der Waals surface area contributed by atoms with E-state index >= 15 is 0 Å². The zero-order valence-corrected chi connectivity index (χ0v) is 49.1. The molecular weight excluding hydrogens is 1020 g/mol. The van der Waals surface area contributed by atoms with Crippen LogP contribution in [-0.2, 0) is 0 Å². The molecule has 2 aliphatic rings. The van der Waals surface area contributed by atoms with Gasteiger partial charge in [-0.15, -0.1) is 0 Å². The highest BCUT2D eigenvalue weighted by molar-refractivity contribution is 6.30. The van der Waals surface area contributed by atoms with Gasteiger partial charge in [0.1, 0.15) is 11.3 Å². The van der Waals surface area contributed by atoms with Gasteiger partial charge in [-0.2, -0.15) is 0 Å². The standard InChI is InChI=1S/C80H70N2O2/c1-48-35-37-58(43-52(48)5)81(72-33-17-29-62(78(72)83)57-26-15-25-56(45-57)60-27-13-7-19-50(60)3)74-46-70(54-21-9-10-22-54)63-40-42-69-75(47-71(55-23-11-12-24-55)64-39-41-68(74)76(63)77(64)69)82(59-38-36-49(2)53(6)44-59)73-34-18-32-67-66-31-16-30-65(79(66)84-80(67)73)61-28-14-8-20-51(61)4/h7-8,13-20,25-47,54-55,83H,9-12,21-24H2,1-6H3. The van der Waals surface area contributed by atoms with E-state index in [2.05, 4.69) is 252 Å². The van der Waals surface area contributed by atoms with Crippen LogP contribution in [0.3, 0.4) is 0 Å². The third-order valence-corrected chi connectivity index (χ3v) is 19.6. The first kappa shape index (κ1) is 51.7. The van der Waals surface area contributed by atoms with Crippen LogP contribution in [0, 0.1) is 41.5 Å². The van der Waals surface area contributed by atoms with E-state index in [0.717, 1.165) is 104 Å². The lowest BCUT2D eigenvalue weighted by Crippen LogP contribution is -2.14. The molecule has 0 bridgehead atoms. The van der Waals surface area contributed by atoms with Gasteiger partial charge in [0, 0.05) is 44.0 Å². The maximum Gasteiger partial charge on any atom is 0.159 e. The van der Waals surface area contributed by atoms with E-state index in [4.69, 9.17) is 4.42 Å². The number of rotatable bonds is 11. The van der Waals surface area contributed by atoms with Crippen molar-refractivity contribution in [3.05, 3.63) is 245 Å². The first-order valence-electron chi connectivity index (χ1n) is 30.6. The zero-order chi connectivity index (χ0) is 56.9. The molecule has 13 aromatic rings.